The number of rotatable bonds is 6. The van der Waals surface area contributed by atoms with Crippen molar-refractivity contribution in [2.45, 2.75) is 51.1 Å². The molecule has 1 unspecified atom stereocenters. The maximum atomic E-state index is 13.7. The van der Waals surface area contributed by atoms with E-state index in [-0.39, 0.29) is 12.3 Å². The van der Waals surface area contributed by atoms with E-state index in [1.807, 2.05) is 24.3 Å². The molecule has 0 amide bonds. The summed E-state index contributed by atoms with van der Waals surface area (Å²) in [7, 11) is 0. The molecule has 0 heterocycles. The monoisotopic (exact) mass is 264 g/mol. The van der Waals surface area contributed by atoms with Gasteiger partial charge in [-0.3, -0.25) is 4.79 Å². The van der Waals surface area contributed by atoms with E-state index in [9.17, 15) is 9.18 Å². The molecule has 2 nitrogen and oxygen atoms in total. The summed E-state index contributed by atoms with van der Waals surface area (Å²) >= 11 is 0. The van der Waals surface area contributed by atoms with Crippen molar-refractivity contribution < 1.29 is 14.3 Å². The maximum Gasteiger partial charge on any atom is 0.303 e. The molecule has 1 fully saturated rings. The fraction of sp³-hybridized carbons (Fsp3) is 0.562. The first kappa shape index (κ1) is 14.0. The summed E-state index contributed by atoms with van der Waals surface area (Å²) in [6, 6.07) is 7.77. The molecule has 0 aromatic heterocycles. The van der Waals surface area contributed by atoms with Crippen LogP contribution >= 0.6 is 0 Å². The number of carbonyl (C=O) groups is 1. The number of benzene rings is 1. The number of carboxylic acids is 1. The van der Waals surface area contributed by atoms with Crippen LogP contribution in [-0.2, 0) is 11.2 Å². The van der Waals surface area contributed by atoms with Gasteiger partial charge in [-0.05, 0) is 49.7 Å². The third-order valence-electron chi connectivity index (χ3n) is 3.59. The van der Waals surface area contributed by atoms with Crippen LogP contribution in [0.15, 0.2) is 24.3 Å². The summed E-state index contributed by atoms with van der Waals surface area (Å²) in [4.78, 5) is 11.0. The van der Waals surface area contributed by atoms with E-state index in [1.165, 1.54) is 0 Å². The van der Waals surface area contributed by atoms with Crippen molar-refractivity contribution >= 4 is 5.97 Å². The fourth-order valence-corrected chi connectivity index (χ4v) is 2.66. The van der Waals surface area contributed by atoms with E-state index in [2.05, 4.69) is 0 Å². The first-order chi connectivity index (χ1) is 8.85. The van der Waals surface area contributed by atoms with Crippen molar-refractivity contribution in [2.75, 3.05) is 0 Å². The fourth-order valence-electron chi connectivity index (χ4n) is 2.66. The van der Waals surface area contributed by atoms with Gasteiger partial charge in [-0.2, -0.15) is 0 Å². The van der Waals surface area contributed by atoms with Gasteiger partial charge in [0.15, 0.2) is 0 Å². The van der Waals surface area contributed by atoms with Crippen molar-refractivity contribution in [1.82, 2.24) is 0 Å². The molecule has 0 aliphatic heterocycles. The molecule has 1 aromatic rings. The average molecular weight is 264 g/mol. The highest BCUT2D eigenvalue weighted by Crippen LogP contribution is 2.44. The predicted octanol–water partition coefficient (Wildman–Crippen LogP) is 3.95. The molecule has 1 aliphatic carbocycles. The van der Waals surface area contributed by atoms with Crippen LogP contribution in [0, 0.1) is 5.92 Å². The number of aliphatic carboxylic acids is 1. The minimum absolute atomic E-state index is 0.0835. The van der Waals surface area contributed by atoms with Crippen LogP contribution in [0.25, 0.3) is 0 Å². The Kier molecular flexibility index (Phi) is 3.93. The van der Waals surface area contributed by atoms with Crippen molar-refractivity contribution in [2.24, 2.45) is 5.92 Å². The lowest BCUT2D eigenvalue weighted by Gasteiger charge is -2.18. The average Bonchev–Trinajstić information content (AvgIpc) is 3.07. The summed E-state index contributed by atoms with van der Waals surface area (Å²) in [5.41, 5.74) is 0.758. The Hall–Kier alpha value is -1.38. The van der Waals surface area contributed by atoms with Crippen LogP contribution in [-0.4, -0.2) is 16.7 Å². The van der Waals surface area contributed by atoms with Gasteiger partial charge < -0.3 is 5.11 Å². The molecule has 1 N–H and O–H groups in total. The number of carboxylic acid groups (broad SMARTS) is 1. The van der Waals surface area contributed by atoms with Crippen molar-refractivity contribution in [3.63, 3.8) is 0 Å². The molecular weight excluding hydrogens is 243 g/mol. The topological polar surface area (TPSA) is 37.3 Å². The van der Waals surface area contributed by atoms with Gasteiger partial charge >= 0.3 is 5.97 Å². The molecule has 3 heteroatoms. The first-order valence-corrected chi connectivity index (χ1v) is 6.85. The van der Waals surface area contributed by atoms with Crippen molar-refractivity contribution in [1.29, 1.82) is 0 Å². The molecule has 0 radical (unpaired) electrons. The summed E-state index contributed by atoms with van der Waals surface area (Å²) in [5.74, 6) is -0.182. The maximum absolute atomic E-state index is 13.7. The second kappa shape index (κ2) is 5.32. The minimum atomic E-state index is -1.24. The van der Waals surface area contributed by atoms with Crippen LogP contribution < -0.4 is 0 Å². The third kappa shape index (κ3) is 4.34. The Bertz CT molecular complexity index is 458. The van der Waals surface area contributed by atoms with Crippen molar-refractivity contribution in [3.8, 4) is 0 Å². The third-order valence-corrected chi connectivity index (χ3v) is 3.59. The second-order valence-corrected chi connectivity index (χ2v) is 6.18. The van der Waals surface area contributed by atoms with Gasteiger partial charge in [-0.1, -0.05) is 24.3 Å². The van der Waals surface area contributed by atoms with Crippen LogP contribution in [0.4, 0.5) is 4.39 Å². The smallest absolute Gasteiger partial charge is 0.303 e. The van der Waals surface area contributed by atoms with E-state index in [0.29, 0.717) is 12.3 Å². The number of hydrogen-bond acceptors (Lipinski definition) is 1. The molecular formula is C16H21FO2. The molecule has 1 aromatic carbocycles. The largest absolute Gasteiger partial charge is 0.481 e. The normalized spacial score (nSPS) is 17.2. The zero-order valence-corrected chi connectivity index (χ0v) is 11.5. The second-order valence-electron chi connectivity index (χ2n) is 6.18. The molecule has 19 heavy (non-hydrogen) atoms. The van der Waals surface area contributed by atoms with Gasteiger partial charge in [-0.15, -0.1) is 0 Å². The number of halogens is 1. The Morgan fingerprint density at radius 2 is 2.16 bits per heavy atom. The predicted molar refractivity (Wildman–Crippen MR) is 73.1 cm³/mol. The summed E-state index contributed by atoms with van der Waals surface area (Å²) in [6.07, 6.45) is 2.76. The Labute approximate surface area is 113 Å². The van der Waals surface area contributed by atoms with Crippen LogP contribution in [0.2, 0.25) is 0 Å². The lowest BCUT2D eigenvalue weighted by molar-refractivity contribution is -0.137. The first-order valence-electron chi connectivity index (χ1n) is 6.85. The van der Waals surface area contributed by atoms with E-state index in [4.69, 9.17) is 5.11 Å². The lowest BCUT2D eigenvalue weighted by atomic mass is 9.88. The van der Waals surface area contributed by atoms with Gasteiger partial charge in [0.2, 0.25) is 0 Å². The van der Waals surface area contributed by atoms with Gasteiger partial charge in [0, 0.05) is 6.42 Å². The zero-order chi connectivity index (χ0) is 14.0. The van der Waals surface area contributed by atoms with Crippen molar-refractivity contribution in [3.05, 3.63) is 35.4 Å². The molecule has 0 spiro atoms. The highest BCUT2D eigenvalue weighted by Gasteiger charge is 2.33. The Balaban J connectivity index is 2.18. The summed E-state index contributed by atoms with van der Waals surface area (Å²) in [5, 5.41) is 9.02. The molecule has 1 saturated carbocycles. The standard InChI is InChI=1S/C16H21FO2/c1-16(2,17)10-11-4-3-5-13(8-11)14(9-15(18)19)12-6-7-12/h3-5,8,12,14H,6-7,9-10H2,1-2H3,(H,18,19). The highest BCUT2D eigenvalue weighted by atomic mass is 19.1. The van der Waals surface area contributed by atoms with Crippen LogP contribution in [0.1, 0.15) is 50.2 Å². The van der Waals surface area contributed by atoms with E-state index < -0.39 is 11.6 Å². The van der Waals surface area contributed by atoms with E-state index >= 15 is 0 Å². The van der Waals surface area contributed by atoms with E-state index in [0.717, 1.165) is 24.0 Å². The molecule has 0 saturated heterocycles. The van der Waals surface area contributed by atoms with Gasteiger partial charge in [0.25, 0.3) is 0 Å². The molecule has 1 aliphatic rings. The summed E-state index contributed by atoms with van der Waals surface area (Å²) < 4.78 is 13.7. The zero-order valence-electron chi connectivity index (χ0n) is 11.5. The molecule has 1 atom stereocenters. The number of alkyl halides is 1. The lowest BCUT2D eigenvalue weighted by Crippen LogP contribution is -2.16. The number of hydrogen-bond donors (Lipinski definition) is 1. The van der Waals surface area contributed by atoms with E-state index in [1.54, 1.807) is 13.8 Å². The summed E-state index contributed by atoms with van der Waals surface area (Å²) in [6.45, 7) is 3.13. The molecule has 0 bridgehead atoms. The van der Waals surface area contributed by atoms with Gasteiger partial charge in [0.05, 0.1) is 6.42 Å². The van der Waals surface area contributed by atoms with Gasteiger partial charge in [0.1, 0.15) is 5.67 Å². The Morgan fingerprint density at radius 3 is 2.68 bits per heavy atom. The molecule has 2 rings (SSSR count). The molecule has 104 valence electrons. The van der Waals surface area contributed by atoms with Crippen LogP contribution in [0.5, 0.6) is 0 Å². The van der Waals surface area contributed by atoms with Gasteiger partial charge in [-0.25, -0.2) is 4.39 Å². The highest BCUT2D eigenvalue weighted by molar-refractivity contribution is 5.68. The quantitative estimate of drug-likeness (QED) is 0.844. The SMILES string of the molecule is CC(C)(F)Cc1cccc(C(CC(=O)O)C2CC2)c1. The van der Waals surface area contributed by atoms with Crippen LogP contribution in [0.3, 0.4) is 0 Å². The minimum Gasteiger partial charge on any atom is -0.481 e. The Morgan fingerprint density at radius 1 is 1.47 bits per heavy atom.